The number of nitrogens with zero attached hydrogens (tertiary/aromatic N) is 1. The fraction of sp³-hybridized carbons (Fsp3) is 0.500. The van der Waals surface area contributed by atoms with E-state index >= 15 is 0 Å². The minimum atomic E-state index is 1.09. The Hall–Kier alpha value is -0.820. The van der Waals surface area contributed by atoms with Crippen LogP contribution in [0, 0.1) is 0 Å². The summed E-state index contributed by atoms with van der Waals surface area (Å²) in [4.78, 5) is 2.51. The molecule has 1 aliphatic heterocycles. The predicted octanol–water partition coefficient (Wildman–Crippen LogP) is 2.52. The molecule has 0 saturated carbocycles. The quantitative estimate of drug-likeness (QED) is 0.593. The van der Waals surface area contributed by atoms with Crippen LogP contribution in [0.2, 0.25) is 0 Å². The molecule has 0 aromatic heterocycles. The Morgan fingerprint density at radius 2 is 2.00 bits per heavy atom. The first-order valence-corrected chi connectivity index (χ1v) is 5.13. The monoisotopic (exact) mass is 175 g/mol. The topological polar surface area (TPSA) is 3.24 Å². The first-order valence-electron chi connectivity index (χ1n) is 5.13. The van der Waals surface area contributed by atoms with Crippen LogP contribution in [0.1, 0.15) is 19.3 Å². The van der Waals surface area contributed by atoms with Crippen LogP contribution in [-0.2, 0) is 0 Å². The van der Waals surface area contributed by atoms with Crippen molar-refractivity contribution in [3.05, 3.63) is 36.0 Å². The van der Waals surface area contributed by atoms with E-state index in [-0.39, 0.29) is 0 Å². The highest BCUT2D eigenvalue weighted by atomic mass is 15.1. The van der Waals surface area contributed by atoms with Crippen LogP contribution < -0.4 is 0 Å². The zero-order valence-electron chi connectivity index (χ0n) is 8.13. The van der Waals surface area contributed by atoms with E-state index in [9.17, 15) is 0 Å². The Labute approximate surface area is 80.4 Å². The summed E-state index contributed by atoms with van der Waals surface area (Å²) in [7, 11) is 0. The number of likely N-dealkylation sites (tertiary alicyclic amines) is 1. The maximum Gasteiger partial charge on any atom is 0.0163 e. The molecule has 1 nitrogen and oxygen atoms in total. The van der Waals surface area contributed by atoms with Crippen LogP contribution in [0.4, 0.5) is 0 Å². The van der Waals surface area contributed by atoms with Crippen molar-refractivity contribution in [3.8, 4) is 0 Å². The van der Waals surface area contributed by atoms with Gasteiger partial charge in [-0.15, -0.1) is 0 Å². The van der Waals surface area contributed by atoms with Gasteiger partial charge in [0.2, 0.25) is 0 Å². The second-order valence-electron chi connectivity index (χ2n) is 3.88. The third-order valence-electron chi connectivity index (χ3n) is 2.74. The molecule has 13 heavy (non-hydrogen) atoms. The minimum absolute atomic E-state index is 1.09. The first-order chi connectivity index (χ1) is 6.36. The van der Waals surface area contributed by atoms with Crippen molar-refractivity contribution in [2.24, 2.45) is 0 Å². The third kappa shape index (κ3) is 2.56. The highest BCUT2D eigenvalue weighted by molar-refractivity contribution is 5.55. The van der Waals surface area contributed by atoms with Crippen molar-refractivity contribution >= 4 is 0 Å². The molecule has 2 aliphatic rings. The van der Waals surface area contributed by atoms with Gasteiger partial charge in [-0.2, -0.15) is 0 Å². The van der Waals surface area contributed by atoms with Gasteiger partial charge in [-0.05, 0) is 43.5 Å². The molecule has 0 radical (unpaired) electrons. The molecule has 2 rings (SSSR count). The summed E-state index contributed by atoms with van der Waals surface area (Å²) in [6.07, 6.45) is 10.6. The zero-order chi connectivity index (χ0) is 9.10. The summed E-state index contributed by atoms with van der Waals surface area (Å²) in [6.45, 7) is 7.59. The van der Waals surface area contributed by atoms with E-state index in [1.165, 1.54) is 37.1 Å². The van der Waals surface area contributed by atoms with Crippen molar-refractivity contribution in [3.63, 3.8) is 0 Å². The fourth-order valence-corrected chi connectivity index (χ4v) is 1.76. The maximum absolute atomic E-state index is 3.87. The lowest BCUT2D eigenvalue weighted by molar-refractivity contribution is 0.377. The number of rotatable bonds is 4. The van der Waals surface area contributed by atoms with Gasteiger partial charge < -0.3 is 0 Å². The summed E-state index contributed by atoms with van der Waals surface area (Å²) in [6, 6.07) is 0. The SMILES string of the molecule is C=C1C=C1C/C=C\CN1CCCC1. The summed E-state index contributed by atoms with van der Waals surface area (Å²) in [5.74, 6) is 0. The molecular weight excluding hydrogens is 158 g/mol. The van der Waals surface area contributed by atoms with E-state index in [1.54, 1.807) is 0 Å². The van der Waals surface area contributed by atoms with Gasteiger partial charge in [0.1, 0.15) is 0 Å². The molecule has 0 unspecified atom stereocenters. The fourth-order valence-electron chi connectivity index (χ4n) is 1.76. The molecule has 0 N–H and O–H groups in total. The van der Waals surface area contributed by atoms with Gasteiger partial charge in [0.15, 0.2) is 0 Å². The van der Waals surface area contributed by atoms with E-state index in [0.29, 0.717) is 0 Å². The standard InChI is InChI=1S/C12H17N/c1-11-10-12(11)6-2-3-7-13-8-4-5-9-13/h2-3,10H,1,4-9H2/b3-2-. The highest BCUT2D eigenvalue weighted by Gasteiger charge is 2.11. The minimum Gasteiger partial charge on any atom is -0.300 e. The van der Waals surface area contributed by atoms with E-state index in [4.69, 9.17) is 0 Å². The van der Waals surface area contributed by atoms with Crippen LogP contribution in [0.5, 0.6) is 0 Å². The molecule has 0 atom stereocenters. The normalized spacial score (nSPS) is 22.8. The molecule has 0 spiro atoms. The second-order valence-corrected chi connectivity index (χ2v) is 3.88. The van der Waals surface area contributed by atoms with Crippen LogP contribution in [0.15, 0.2) is 36.0 Å². The molecule has 1 fully saturated rings. The highest BCUT2D eigenvalue weighted by Crippen LogP contribution is 2.28. The summed E-state index contributed by atoms with van der Waals surface area (Å²) >= 11 is 0. The van der Waals surface area contributed by atoms with Gasteiger partial charge in [-0.3, -0.25) is 4.90 Å². The molecule has 0 amide bonds. The van der Waals surface area contributed by atoms with Crippen LogP contribution in [0.3, 0.4) is 0 Å². The summed E-state index contributed by atoms with van der Waals surface area (Å²) in [5, 5.41) is 0. The Morgan fingerprint density at radius 1 is 1.31 bits per heavy atom. The van der Waals surface area contributed by atoms with E-state index < -0.39 is 0 Å². The number of allylic oxidation sites excluding steroid dienone is 4. The van der Waals surface area contributed by atoms with Gasteiger partial charge in [-0.25, -0.2) is 0 Å². The largest absolute Gasteiger partial charge is 0.300 e. The van der Waals surface area contributed by atoms with Crippen molar-refractivity contribution in [2.45, 2.75) is 19.3 Å². The lowest BCUT2D eigenvalue weighted by Crippen LogP contribution is -2.18. The number of hydrogen-bond donors (Lipinski definition) is 0. The van der Waals surface area contributed by atoms with Gasteiger partial charge in [0.25, 0.3) is 0 Å². The summed E-state index contributed by atoms with van der Waals surface area (Å²) in [5.41, 5.74) is 2.67. The molecule has 0 aromatic carbocycles. The van der Waals surface area contributed by atoms with Gasteiger partial charge >= 0.3 is 0 Å². The van der Waals surface area contributed by atoms with Crippen LogP contribution >= 0.6 is 0 Å². The molecule has 1 aliphatic carbocycles. The molecular formula is C12H17N. The van der Waals surface area contributed by atoms with E-state index in [2.05, 4.69) is 29.7 Å². The van der Waals surface area contributed by atoms with E-state index in [0.717, 1.165) is 13.0 Å². The van der Waals surface area contributed by atoms with Crippen LogP contribution in [0.25, 0.3) is 0 Å². The Kier molecular flexibility index (Phi) is 2.65. The summed E-state index contributed by atoms with van der Waals surface area (Å²) < 4.78 is 0. The van der Waals surface area contributed by atoms with Gasteiger partial charge in [0.05, 0.1) is 0 Å². The lowest BCUT2D eigenvalue weighted by atomic mass is 10.3. The first kappa shape index (κ1) is 8.76. The Bertz CT molecular complexity index is 254. The average molecular weight is 175 g/mol. The van der Waals surface area contributed by atoms with Crippen molar-refractivity contribution in [2.75, 3.05) is 19.6 Å². The third-order valence-corrected chi connectivity index (χ3v) is 2.74. The Morgan fingerprint density at radius 3 is 2.62 bits per heavy atom. The maximum atomic E-state index is 3.87. The van der Waals surface area contributed by atoms with Crippen LogP contribution in [-0.4, -0.2) is 24.5 Å². The molecule has 0 bridgehead atoms. The second kappa shape index (κ2) is 3.93. The van der Waals surface area contributed by atoms with Crippen molar-refractivity contribution in [1.82, 2.24) is 4.90 Å². The molecule has 1 heterocycles. The molecule has 1 heteroatoms. The van der Waals surface area contributed by atoms with Gasteiger partial charge in [-0.1, -0.05) is 24.8 Å². The smallest absolute Gasteiger partial charge is 0.0163 e. The van der Waals surface area contributed by atoms with E-state index in [1.807, 2.05) is 0 Å². The molecule has 0 aromatic rings. The van der Waals surface area contributed by atoms with Gasteiger partial charge in [0, 0.05) is 6.54 Å². The predicted molar refractivity (Wildman–Crippen MR) is 56.7 cm³/mol. The average Bonchev–Trinajstić information content (AvgIpc) is 2.67. The molecule has 70 valence electrons. The van der Waals surface area contributed by atoms with Crippen molar-refractivity contribution < 1.29 is 0 Å². The lowest BCUT2D eigenvalue weighted by Gasteiger charge is -2.10. The Balaban J connectivity index is 1.61. The number of hydrogen-bond acceptors (Lipinski definition) is 1. The van der Waals surface area contributed by atoms with Crippen molar-refractivity contribution in [1.29, 1.82) is 0 Å². The zero-order valence-corrected chi connectivity index (χ0v) is 8.13. The molecule has 1 saturated heterocycles.